The number of hydrogen-bond acceptors (Lipinski definition) is 7. The topological polar surface area (TPSA) is 131 Å². The van der Waals surface area contributed by atoms with Gasteiger partial charge < -0.3 is 25.8 Å². The quantitative estimate of drug-likeness (QED) is 0.491. The third kappa shape index (κ3) is 4.77. The molecule has 3 atom stereocenters. The Morgan fingerprint density at radius 2 is 1.90 bits per heavy atom. The molecule has 1 aromatic heterocycles. The Bertz CT molecular complexity index is 1110. The molecule has 0 amide bonds. The first-order chi connectivity index (χ1) is 14.9. The molecule has 0 bridgehead atoms. The van der Waals surface area contributed by atoms with E-state index in [2.05, 4.69) is 4.98 Å². The number of benzene rings is 2. The van der Waals surface area contributed by atoms with Crippen LogP contribution in [0.5, 0.6) is 5.75 Å². The number of aliphatic hydroxyl groups is 2. The molecule has 1 saturated heterocycles. The monoisotopic (exact) mass is 423 g/mol. The van der Waals surface area contributed by atoms with Crippen LogP contribution < -0.4 is 11.4 Å². The summed E-state index contributed by atoms with van der Waals surface area (Å²) in [6, 6.07) is 14.0. The number of hydrogen-bond donors (Lipinski definition) is 4. The number of nitrogen functional groups attached to an aromatic ring is 1. The van der Waals surface area contributed by atoms with Crippen molar-refractivity contribution in [2.45, 2.75) is 37.6 Å². The number of nitrogens with two attached hydrogens (primary N) is 1. The first-order valence-corrected chi connectivity index (χ1v) is 10.1. The highest BCUT2D eigenvalue weighted by Gasteiger charge is 2.29. The second-order valence-electron chi connectivity index (χ2n) is 7.79. The fourth-order valence-corrected chi connectivity index (χ4v) is 3.94. The van der Waals surface area contributed by atoms with Crippen LogP contribution in [0.2, 0.25) is 0 Å². The molecule has 1 aliphatic rings. The maximum atomic E-state index is 12.5. The Morgan fingerprint density at radius 3 is 2.61 bits per heavy atom. The molecule has 0 spiro atoms. The number of phenolic OH excluding ortho intramolecular Hbond substituents is 1. The highest BCUT2D eigenvalue weighted by molar-refractivity contribution is 5.47. The third-order valence-electron chi connectivity index (χ3n) is 5.47. The van der Waals surface area contributed by atoms with Crippen molar-refractivity contribution in [3.8, 4) is 11.4 Å². The number of phenols is 1. The molecule has 162 valence electrons. The molecule has 0 unspecified atom stereocenters. The predicted molar refractivity (Wildman–Crippen MR) is 115 cm³/mol. The standard InChI is InChI=1S/C23H25N3O5/c24-22-7-8-26(23(30)25-22)20-6-3-15(21-12-18(29)11-19(13-27)31-21)10-16(20)9-14-1-4-17(28)5-2-14/h1-8,10,18-19,21,27-29H,9,11-13H2,(H2,24,25,30)/t18-,19-,21+/m0/s1. The summed E-state index contributed by atoms with van der Waals surface area (Å²) >= 11 is 0. The van der Waals surface area contributed by atoms with Crippen LogP contribution in [0.3, 0.4) is 0 Å². The second kappa shape index (κ2) is 8.89. The zero-order valence-electron chi connectivity index (χ0n) is 16.9. The van der Waals surface area contributed by atoms with Gasteiger partial charge in [-0.3, -0.25) is 4.57 Å². The minimum absolute atomic E-state index is 0.151. The SMILES string of the molecule is Nc1ccn(-c2ccc([C@H]3C[C@@H](O)C[C@@H](CO)O3)cc2Cc2ccc(O)cc2)c(=O)n1. The summed E-state index contributed by atoms with van der Waals surface area (Å²) in [5, 5.41) is 29.2. The molecule has 4 rings (SSSR count). The number of ether oxygens (including phenoxy) is 1. The molecular weight excluding hydrogens is 398 g/mol. The number of rotatable bonds is 5. The van der Waals surface area contributed by atoms with Crippen LogP contribution in [-0.4, -0.2) is 43.7 Å². The molecule has 0 saturated carbocycles. The van der Waals surface area contributed by atoms with Crippen LogP contribution in [0.1, 0.15) is 35.6 Å². The van der Waals surface area contributed by atoms with Gasteiger partial charge in [0.1, 0.15) is 11.6 Å². The van der Waals surface area contributed by atoms with Gasteiger partial charge >= 0.3 is 5.69 Å². The summed E-state index contributed by atoms with van der Waals surface area (Å²) in [4.78, 5) is 16.3. The molecule has 0 radical (unpaired) electrons. The van der Waals surface area contributed by atoms with Gasteiger partial charge in [-0.25, -0.2) is 4.79 Å². The Hall–Kier alpha value is -3.20. The van der Waals surface area contributed by atoms with Crippen molar-refractivity contribution in [2.75, 3.05) is 12.3 Å². The van der Waals surface area contributed by atoms with Crippen LogP contribution >= 0.6 is 0 Å². The molecule has 5 N–H and O–H groups in total. The number of anilines is 1. The van der Waals surface area contributed by atoms with E-state index in [4.69, 9.17) is 10.5 Å². The first kappa shape index (κ1) is 21.0. The molecule has 1 fully saturated rings. The first-order valence-electron chi connectivity index (χ1n) is 10.1. The fourth-order valence-electron chi connectivity index (χ4n) is 3.94. The summed E-state index contributed by atoms with van der Waals surface area (Å²) in [6.45, 7) is -0.154. The second-order valence-corrected chi connectivity index (χ2v) is 7.79. The lowest BCUT2D eigenvalue weighted by Gasteiger charge is -2.33. The smallest absolute Gasteiger partial charge is 0.354 e. The molecular formula is C23H25N3O5. The molecule has 2 heterocycles. The van der Waals surface area contributed by atoms with Gasteiger partial charge in [0, 0.05) is 19.0 Å². The van der Waals surface area contributed by atoms with E-state index in [1.165, 1.54) is 4.57 Å². The highest BCUT2D eigenvalue weighted by atomic mass is 16.5. The van der Waals surface area contributed by atoms with Crippen LogP contribution in [-0.2, 0) is 11.2 Å². The van der Waals surface area contributed by atoms with E-state index in [0.717, 1.165) is 16.7 Å². The molecule has 3 aromatic rings. The highest BCUT2D eigenvalue weighted by Crippen LogP contribution is 2.33. The number of aromatic nitrogens is 2. The minimum Gasteiger partial charge on any atom is -0.508 e. The average Bonchev–Trinajstić information content (AvgIpc) is 2.75. The Morgan fingerprint density at radius 1 is 1.13 bits per heavy atom. The summed E-state index contributed by atoms with van der Waals surface area (Å²) < 4.78 is 7.39. The molecule has 2 aromatic carbocycles. The van der Waals surface area contributed by atoms with Crippen LogP contribution in [0.25, 0.3) is 5.69 Å². The van der Waals surface area contributed by atoms with Gasteiger partial charge in [-0.05, 0) is 47.4 Å². The van der Waals surface area contributed by atoms with Gasteiger partial charge in [-0.15, -0.1) is 0 Å². The van der Waals surface area contributed by atoms with Crippen molar-refractivity contribution in [3.05, 3.63) is 81.9 Å². The van der Waals surface area contributed by atoms with Gasteiger partial charge in [-0.2, -0.15) is 4.98 Å². The van der Waals surface area contributed by atoms with E-state index < -0.39 is 17.9 Å². The Labute approximate surface area is 179 Å². The zero-order chi connectivity index (χ0) is 22.0. The zero-order valence-corrected chi connectivity index (χ0v) is 16.9. The van der Waals surface area contributed by atoms with Crippen LogP contribution in [0.15, 0.2) is 59.5 Å². The summed E-state index contributed by atoms with van der Waals surface area (Å²) in [5.74, 6) is 0.328. The van der Waals surface area contributed by atoms with Gasteiger partial charge in [0.2, 0.25) is 0 Å². The number of nitrogens with zero attached hydrogens (tertiary/aromatic N) is 2. The third-order valence-corrected chi connectivity index (χ3v) is 5.47. The van der Waals surface area contributed by atoms with Gasteiger partial charge in [0.25, 0.3) is 0 Å². The summed E-state index contributed by atoms with van der Waals surface area (Å²) in [6.07, 6.45) is 1.57. The van der Waals surface area contributed by atoms with Gasteiger partial charge in [0.15, 0.2) is 0 Å². The van der Waals surface area contributed by atoms with Crippen molar-refractivity contribution in [2.24, 2.45) is 0 Å². The van der Waals surface area contributed by atoms with E-state index in [9.17, 15) is 20.1 Å². The number of aromatic hydroxyl groups is 1. The van der Waals surface area contributed by atoms with E-state index in [1.54, 1.807) is 24.4 Å². The average molecular weight is 423 g/mol. The van der Waals surface area contributed by atoms with Gasteiger partial charge in [0.05, 0.1) is 30.6 Å². The predicted octanol–water partition coefficient (Wildman–Crippen LogP) is 1.68. The lowest BCUT2D eigenvalue weighted by Crippen LogP contribution is -2.33. The summed E-state index contributed by atoms with van der Waals surface area (Å²) in [5.41, 5.74) is 8.46. The van der Waals surface area contributed by atoms with Crippen LogP contribution in [0, 0.1) is 0 Å². The lowest BCUT2D eigenvalue weighted by atomic mass is 9.93. The van der Waals surface area contributed by atoms with Crippen molar-refractivity contribution in [3.63, 3.8) is 0 Å². The van der Waals surface area contributed by atoms with Crippen molar-refractivity contribution in [1.82, 2.24) is 9.55 Å². The van der Waals surface area contributed by atoms with Crippen LogP contribution in [0.4, 0.5) is 5.82 Å². The fraction of sp³-hybridized carbons (Fsp3) is 0.304. The van der Waals surface area contributed by atoms with E-state index in [-0.39, 0.29) is 24.3 Å². The Balaban J connectivity index is 1.76. The molecule has 8 heteroatoms. The largest absolute Gasteiger partial charge is 0.508 e. The number of aliphatic hydroxyl groups excluding tert-OH is 2. The van der Waals surface area contributed by atoms with E-state index >= 15 is 0 Å². The Kier molecular flexibility index (Phi) is 6.03. The lowest BCUT2D eigenvalue weighted by molar-refractivity contribution is -0.113. The molecule has 8 nitrogen and oxygen atoms in total. The van der Waals surface area contributed by atoms with E-state index in [0.29, 0.717) is 24.9 Å². The summed E-state index contributed by atoms with van der Waals surface area (Å²) in [7, 11) is 0. The molecule has 31 heavy (non-hydrogen) atoms. The van der Waals surface area contributed by atoms with E-state index in [1.807, 2.05) is 30.3 Å². The maximum absolute atomic E-state index is 12.5. The minimum atomic E-state index is -0.556. The van der Waals surface area contributed by atoms with Crippen molar-refractivity contribution < 1.29 is 20.1 Å². The molecule has 0 aliphatic carbocycles. The van der Waals surface area contributed by atoms with Gasteiger partial charge in [-0.1, -0.05) is 24.3 Å². The van der Waals surface area contributed by atoms with Crippen molar-refractivity contribution >= 4 is 5.82 Å². The maximum Gasteiger partial charge on any atom is 0.354 e. The molecule has 1 aliphatic heterocycles. The van der Waals surface area contributed by atoms with Crippen molar-refractivity contribution in [1.29, 1.82) is 0 Å². The normalized spacial score (nSPS) is 21.2.